The van der Waals surface area contributed by atoms with Crippen LogP contribution in [0.15, 0.2) is 16.6 Å². The van der Waals surface area contributed by atoms with Crippen molar-refractivity contribution in [3.8, 4) is 11.5 Å². The number of nitrogen functional groups attached to an aromatic ring is 1. The van der Waals surface area contributed by atoms with Crippen LogP contribution in [0.5, 0.6) is 11.5 Å². The third kappa shape index (κ3) is 2.69. The zero-order chi connectivity index (χ0) is 10.9. The minimum Gasteiger partial charge on any atom is -0.504 e. The number of hydrogen-bond donors (Lipinski definition) is 2. The molecule has 0 saturated carbocycles. The first-order chi connectivity index (χ1) is 6.29. The fourth-order valence-electron chi connectivity index (χ4n) is 0.765. The van der Waals surface area contributed by atoms with E-state index in [0.717, 1.165) is 12.1 Å². The summed E-state index contributed by atoms with van der Waals surface area (Å²) in [5.74, 6) is -1.36. The van der Waals surface area contributed by atoms with Crippen LogP contribution in [0.4, 0.5) is 18.9 Å². The highest BCUT2D eigenvalue weighted by Crippen LogP contribution is 2.36. The van der Waals surface area contributed by atoms with E-state index < -0.39 is 17.9 Å². The summed E-state index contributed by atoms with van der Waals surface area (Å²) in [5.41, 5.74) is 5.35. The van der Waals surface area contributed by atoms with E-state index >= 15 is 0 Å². The summed E-state index contributed by atoms with van der Waals surface area (Å²) in [6.07, 6.45) is -4.85. The third-order valence-electron chi connectivity index (χ3n) is 1.30. The van der Waals surface area contributed by atoms with Crippen molar-refractivity contribution in [2.75, 3.05) is 5.73 Å². The highest BCUT2D eigenvalue weighted by Gasteiger charge is 2.32. The molecule has 3 nitrogen and oxygen atoms in total. The molecule has 7 heteroatoms. The molecule has 78 valence electrons. The third-order valence-corrected chi connectivity index (χ3v) is 1.99. The fraction of sp³-hybridized carbons (Fsp3) is 0.143. The molecule has 14 heavy (non-hydrogen) atoms. The average molecular weight is 272 g/mol. The van der Waals surface area contributed by atoms with Crippen molar-refractivity contribution < 1.29 is 23.0 Å². The molecule has 0 amide bonds. The maximum absolute atomic E-state index is 11.8. The van der Waals surface area contributed by atoms with Gasteiger partial charge in [-0.2, -0.15) is 0 Å². The SMILES string of the molecule is Nc1cc(OC(F)(F)F)c(O)cc1Br. The van der Waals surface area contributed by atoms with Crippen molar-refractivity contribution in [3.05, 3.63) is 16.6 Å². The van der Waals surface area contributed by atoms with Crippen molar-refractivity contribution in [2.45, 2.75) is 6.36 Å². The van der Waals surface area contributed by atoms with Crippen LogP contribution in [0.25, 0.3) is 0 Å². The molecule has 0 fully saturated rings. The zero-order valence-electron chi connectivity index (χ0n) is 6.60. The zero-order valence-corrected chi connectivity index (χ0v) is 8.19. The lowest BCUT2D eigenvalue weighted by Crippen LogP contribution is -2.17. The first kappa shape index (κ1) is 11.0. The highest BCUT2D eigenvalue weighted by molar-refractivity contribution is 9.10. The topological polar surface area (TPSA) is 55.5 Å². The molecule has 0 aliphatic heterocycles. The van der Waals surface area contributed by atoms with E-state index in [1.807, 2.05) is 0 Å². The van der Waals surface area contributed by atoms with Gasteiger partial charge in [-0.1, -0.05) is 0 Å². The fourth-order valence-corrected chi connectivity index (χ4v) is 1.10. The molecule has 0 radical (unpaired) electrons. The molecule has 0 aliphatic carbocycles. The van der Waals surface area contributed by atoms with Gasteiger partial charge in [0.05, 0.1) is 0 Å². The number of ether oxygens (including phenoxy) is 1. The van der Waals surface area contributed by atoms with Gasteiger partial charge in [0, 0.05) is 22.3 Å². The van der Waals surface area contributed by atoms with Gasteiger partial charge in [-0.15, -0.1) is 13.2 Å². The number of halogens is 4. The number of phenolic OH excluding ortho intramolecular Hbond substituents is 1. The largest absolute Gasteiger partial charge is 0.573 e. The lowest BCUT2D eigenvalue weighted by atomic mass is 10.3. The summed E-state index contributed by atoms with van der Waals surface area (Å²) in [6.45, 7) is 0. The Morgan fingerprint density at radius 1 is 1.36 bits per heavy atom. The van der Waals surface area contributed by atoms with Gasteiger partial charge < -0.3 is 15.6 Å². The molecule has 0 atom stereocenters. The van der Waals surface area contributed by atoms with Crippen LogP contribution in [0.2, 0.25) is 0 Å². The molecule has 1 aromatic rings. The van der Waals surface area contributed by atoms with Crippen LogP contribution < -0.4 is 10.5 Å². The Kier molecular flexibility index (Phi) is 2.79. The summed E-state index contributed by atoms with van der Waals surface area (Å²) in [4.78, 5) is 0. The van der Waals surface area contributed by atoms with E-state index in [2.05, 4.69) is 20.7 Å². The van der Waals surface area contributed by atoms with E-state index in [1.54, 1.807) is 0 Å². The summed E-state index contributed by atoms with van der Waals surface area (Å²) >= 11 is 2.94. The van der Waals surface area contributed by atoms with Gasteiger partial charge >= 0.3 is 6.36 Å². The number of anilines is 1. The Labute approximate surface area is 85.4 Å². The Morgan fingerprint density at radius 3 is 2.43 bits per heavy atom. The molecule has 1 aromatic carbocycles. The molecule has 0 spiro atoms. The first-order valence-corrected chi connectivity index (χ1v) is 4.12. The standard InChI is InChI=1S/C7H5BrF3NO2/c8-3-1-5(13)6(2-4(3)12)14-7(9,10)11/h1-2,13H,12H2. The number of nitrogens with two attached hydrogens (primary N) is 1. The molecule has 0 saturated heterocycles. The normalized spacial score (nSPS) is 11.4. The molecule has 0 heterocycles. The van der Waals surface area contributed by atoms with E-state index in [9.17, 15) is 13.2 Å². The quantitative estimate of drug-likeness (QED) is 0.610. The van der Waals surface area contributed by atoms with Crippen molar-refractivity contribution in [2.24, 2.45) is 0 Å². The molecule has 0 unspecified atom stereocenters. The molecule has 0 bridgehead atoms. The van der Waals surface area contributed by atoms with E-state index in [1.165, 1.54) is 0 Å². The van der Waals surface area contributed by atoms with Gasteiger partial charge in [-0.05, 0) is 15.9 Å². The smallest absolute Gasteiger partial charge is 0.504 e. The maximum atomic E-state index is 11.8. The summed E-state index contributed by atoms with van der Waals surface area (Å²) < 4.78 is 39.1. The van der Waals surface area contributed by atoms with Crippen LogP contribution in [-0.2, 0) is 0 Å². The first-order valence-electron chi connectivity index (χ1n) is 3.33. The molecule has 3 N–H and O–H groups in total. The van der Waals surface area contributed by atoms with Gasteiger partial charge in [-0.3, -0.25) is 0 Å². The molecule has 0 aromatic heterocycles. The van der Waals surface area contributed by atoms with E-state index in [-0.39, 0.29) is 5.69 Å². The number of alkyl halides is 3. The monoisotopic (exact) mass is 271 g/mol. The van der Waals surface area contributed by atoms with E-state index in [0.29, 0.717) is 4.47 Å². The Bertz CT molecular complexity index is 354. The maximum Gasteiger partial charge on any atom is 0.573 e. The number of hydrogen-bond acceptors (Lipinski definition) is 3. The van der Waals surface area contributed by atoms with Crippen molar-refractivity contribution in [1.82, 2.24) is 0 Å². The number of aromatic hydroxyl groups is 1. The van der Waals surface area contributed by atoms with Crippen LogP contribution in [0.3, 0.4) is 0 Å². The Hall–Kier alpha value is -1.11. The highest BCUT2D eigenvalue weighted by atomic mass is 79.9. The second-order valence-corrected chi connectivity index (χ2v) is 3.24. The predicted molar refractivity (Wildman–Crippen MR) is 46.9 cm³/mol. The molecule has 1 rings (SSSR count). The number of phenols is 1. The second-order valence-electron chi connectivity index (χ2n) is 2.39. The van der Waals surface area contributed by atoms with Gasteiger partial charge in [0.25, 0.3) is 0 Å². The molecule has 0 aliphatic rings. The Morgan fingerprint density at radius 2 is 1.93 bits per heavy atom. The Balaban J connectivity index is 3.04. The van der Waals surface area contributed by atoms with E-state index in [4.69, 9.17) is 10.8 Å². The molecular weight excluding hydrogens is 267 g/mol. The van der Waals surface area contributed by atoms with Crippen molar-refractivity contribution in [1.29, 1.82) is 0 Å². The minimum absolute atomic E-state index is 0.0436. The predicted octanol–water partition coefficient (Wildman–Crippen LogP) is 2.64. The van der Waals surface area contributed by atoms with Crippen LogP contribution in [-0.4, -0.2) is 11.5 Å². The molecular formula is C7H5BrF3NO2. The second kappa shape index (κ2) is 3.56. The van der Waals surface area contributed by atoms with Crippen LogP contribution in [0.1, 0.15) is 0 Å². The van der Waals surface area contributed by atoms with Gasteiger partial charge in [-0.25, -0.2) is 0 Å². The lowest BCUT2D eigenvalue weighted by Gasteiger charge is -2.11. The lowest BCUT2D eigenvalue weighted by molar-refractivity contribution is -0.275. The van der Waals surface area contributed by atoms with Crippen molar-refractivity contribution >= 4 is 21.6 Å². The van der Waals surface area contributed by atoms with Crippen molar-refractivity contribution in [3.63, 3.8) is 0 Å². The summed E-state index contributed by atoms with van der Waals surface area (Å²) in [5, 5.41) is 9.07. The van der Waals surface area contributed by atoms with Crippen LogP contribution >= 0.6 is 15.9 Å². The van der Waals surface area contributed by atoms with Gasteiger partial charge in [0.2, 0.25) is 0 Å². The minimum atomic E-state index is -4.85. The van der Waals surface area contributed by atoms with Gasteiger partial charge in [0.1, 0.15) is 0 Å². The van der Waals surface area contributed by atoms with Crippen LogP contribution in [0, 0.1) is 0 Å². The number of benzene rings is 1. The van der Waals surface area contributed by atoms with Gasteiger partial charge in [0.15, 0.2) is 11.5 Å². The summed E-state index contributed by atoms with van der Waals surface area (Å²) in [6, 6.07) is 1.91. The summed E-state index contributed by atoms with van der Waals surface area (Å²) in [7, 11) is 0. The number of rotatable bonds is 1. The average Bonchev–Trinajstić information content (AvgIpc) is 1.97.